The number of hydrogen-bond donors (Lipinski definition) is 3. The van der Waals surface area contributed by atoms with Gasteiger partial charge in [-0.3, -0.25) is 5.43 Å². The Kier molecular flexibility index (Phi) is 3.28. The van der Waals surface area contributed by atoms with Crippen LogP contribution in [0.4, 0.5) is 0 Å². The smallest absolute Gasteiger partial charge is 0.124 e. The number of methoxy groups -OCH3 is 1. The van der Waals surface area contributed by atoms with Crippen LogP contribution in [0.3, 0.4) is 0 Å². The average Bonchev–Trinajstić information content (AvgIpc) is 3.18. The van der Waals surface area contributed by atoms with E-state index in [-0.39, 0.29) is 6.04 Å². The lowest BCUT2D eigenvalue weighted by atomic mass is 9.96. The highest BCUT2D eigenvalue weighted by molar-refractivity contribution is 6.13. The second-order valence-corrected chi connectivity index (χ2v) is 5.57. The molecule has 3 N–H and O–H groups in total. The summed E-state index contributed by atoms with van der Waals surface area (Å²) in [6.45, 7) is 0. The fourth-order valence-electron chi connectivity index (χ4n) is 3.00. The van der Waals surface area contributed by atoms with Crippen molar-refractivity contribution in [2.45, 2.75) is 12.1 Å². The number of nitrogens with one attached hydrogen (secondary N) is 2. The van der Waals surface area contributed by atoms with Crippen molar-refractivity contribution in [3.05, 3.63) is 65.9 Å². The first-order valence-electron chi connectivity index (χ1n) is 7.49. The summed E-state index contributed by atoms with van der Waals surface area (Å²) in [5, 5.41) is 16.2. The van der Waals surface area contributed by atoms with Crippen LogP contribution in [0.5, 0.6) is 5.75 Å². The van der Waals surface area contributed by atoms with Gasteiger partial charge in [-0.15, -0.1) is 0 Å². The van der Waals surface area contributed by atoms with Gasteiger partial charge in [0.15, 0.2) is 0 Å². The molecular formula is C18H17N3O2. The number of para-hydroxylation sites is 1. The molecule has 23 heavy (non-hydrogen) atoms. The van der Waals surface area contributed by atoms with Gasteiger partial charge in [0.1, 0.15) is 23.6 Å². The fourth-order valence-corrected chi connectivity index (χ4v) is 3.00. The quantitative estimate of drug-likeness (QED) is 0.696. The first-order valence-corrected chi connectivity index (χ1v) is 7.49. The van der Waals surface area contributed by atoms with Gasteiger partial charge >= 0.3 is 0 Å². The molecule has 2 atom stereocenters. The van der Waals surface area contributed by atoms with Crippen LogP contribution >= 0.6 is 0 Å². The predicted molar refractivity (Wildman–Crippen MR) is 89.7 cm³/mol. The Bertz CT molecular complexity index is 867. The van der Waals surface area contributed by atoms with Crippen LogP contribution in [0.2, 0.25) is 0 Å². The Morgan fingerprint density at radius 2 is 1.87 bits per heavy atom. The molecule has 4 rings (SSSR count). The highest BCUT2D eigenvalue weighted by Gasteiger charge is 2.33. The molecule has 0 aliphatic carbocycles. The number of aromatic nitrogens is 1. The molecule has 0 saturated heterocycles. The second-order valence-electron chi connectivity index (χ2n) is 5.57. The SMILES string of the molecule is COc1ccc([C@@H]2NN=C(c3c[nH]c4ccccc34)[C@H]2O)cc1. The lowest BCUT2D eigenvalue weighted by Crippen LogP contribution is -2.27. The molecule has 0 bridgehead atoms. The number of nitrogens with zero attached hydrogens (tertiary/aromatic N) is 1. The van der Waals surface area contributed by atoms with Gasteiger partial charge in [0, 0.05) is 22.7 Å². The Morgan fingerprint density at radius 3 is 2.65 bits per heavy atom. The van der Waals surface area contributed by atoms with E-state index >= 15 is 0 Å². The summed E-state index contributed by atoms with van der Waals surface area (Å²) >= 11 is 0. The maximum absolute atomic E-state index is 10.7. The zero-order chi connectivity index (χ0) is 15.8. The van der Waals surface area contributed by atoms with Gasteiger partial charge in [-0.1, -0.05) is 30.3 Å². The molecule has 116 valence electrons. The normalized spacial score (nSPS) is 20.3. The van der Waals surface area contributed by atoms with Crippen molar-refractivity contribution in [2.24, 2.45) is 5.10 Å². The van der Waals surface area contributed by atoms with Gasteiger partial charge in [-0.25, -0.2) is 0 Å². The number of rotatable bonds is 3. The third-order valence-electron chi connectivity index (χ3n) is 4.26. The molecule has 0 saturated carbocycles. The third kappa shape index (κ3) is 2.26. The monoisotopic (exact) mass is 307 g/mol. The molecule has 5 heteroatoms. The van der Waals surface area contributed by atoms with Crippen LogP contribution in [-0.4, -0.2) is 29.0 Å². The molecular weight excluding hydrogens is 290 g/mol. The fraction of sp³-hybridized carbons (Fsp3) is 0.167. The van der Waals surface area contributed by atoms with Gasteiger partial charge in [0.25, 0.3) is 0 Å². The van der Waals surface area contributed by atoms with E-state index in [9.17, 15) is 5.11 Å². The topological polar surface area (TPSA) is 69.6 Å². The van der Waals surface area contributed by atoms with Crippen molar-refractivity contribution in [3.8, 4) is 5.75 Å². The molecule has 2 aromatic carbocycles. The molecule has 0 amide bonds. The van der Waals surface area contributed by atoms with Crippen LogP contribution in [0, 0.1) is 0 Å². The number of H-pyrrole nitrogens is 1. The third-order valence-corrected chi connectivity index (χ3v) is 4.26. The summed E-state index contributed by atoms with van der Waals surface area (Å²) in [5.41, 5.74) is 6.63. The van der Waals surface area contributed by atoms with E-state index < -0.39 is 6.10 Å². The van der Waals surface area contributed by atoms with E-state index in [4.69, 9.17) is 4.74 Å². The predicted octanol–water partition coefficient (Wildman–Crippen LogP) is 2.59. The summed E-state index contributed by atoms with van der Waals surface area (Å²) in [4.78, 5) is 3.22. The largest absolute Gasteiger partial charge is 0.497 e. The van der Waals surface area contributed by atoms with Crippen LogP contribution in [0.1, 0.15) is 17.2 Å². The Hall–Kier alpha value is -2.79. The zero-order valence-electron chi connectivity index (χ0n) is 12.7. The lowest BCUT2D eigenvalue weighted by molar-refractivity contribution is 0.207. The summed E-state index contributed by atoms with van der Waals surface area (Å²) < 4.78 is 5.17. The van der Waals surface area contributed by atoms with Crippen molar-refractivity contribution >= 4 is 16.6 Å². The summed E-state index contributed by atoms with van der Waals surface area (Å²) in [5.74, 6) is 0.791. The second kappa shape index (κ2) is 5.44. The van der Waals surface area contributed by atoms with Gasteiger partial charge < -0.3 is 14.8 Å². The number of aromatic amines is 1. The van der Waals surface area contributed by atoms with Gasteiger partial charge in [-0.2, -0.15) is 5.10 Å². The van der Waals surface area contributed by atoms with E-state index in [0.29, 0.717) is 5.71 Å². The van der Waals surface area contributed by atoms with Crippen molar-refractivity contribution < 1.29 is 9.84 Å². The van der Waals surface area contributed by atoms with Gasteiger partial charge in [0.05, 0.1) is 7.11 Å². The number of ether oxygens (including phenoxy) is 1. The highest BCUT2D eigenvalue weighted by atomic mass is 16.5. The van der Waals surface area contributed by atoms with E-state index in [1.54, 1.807) is 7.11 Å². The molecule has 5 nitrogen and oxygen atoms in total. The molecule has 1 aliphatic heterocycles. The number of hydrazone groups is 1. The zero-order valence-corrected chi connectivity index (χ0v) is 12.7. The summed E-state index contributed by atoms with van der Waals surface area (Å²) in [6.07, 6.45) is 1.19. The maximum Gasteiger partial charge on any atom is 0.124 e. The van der Waals surface area contributed by atoms with Crippen LogP contribution < -0.4 is 10.2 Å². The molecule has 0 unspecified atom stereocenters. The molecule has 0 radical (unpaired) electrons. The van der Waals surface area contributed by atoms with Crippen LogP contribution in [0.25, 0.3) is 10.9 Å². The van der Waals surface area contributed by atoms with E-state index in [1.165, 1.54) is 0 Å². The molecule has 1 aromatic heterocycles. The number of aliphatic hydroxyl groups excluding tert-OH is 1. The van der Waals surface area contributed by atoms with Crippen LogP contribution in [0.15, 0.2) is 59.8 Å². The Balaban J connectivity index is 1.65. The Morgan fingerprint density at radius 1 is 1.09 bits per heavy atom. The first kappa shape index (κ1) is 13.8. The molecule has 0 fully saturated rings. The lowest BCUT2D eigenvalue weighted by Gasteiger charge is -2.16. The minimum Gasteiger partial charge on any atom is -0.497 e. The van der Waals surface area contributed by atoms with Crippen molar-refractivity contribution in [2.75, 3.05) is 7.11 Å². The van der Waals surface area contributed by atoms with Gasteiger partial charge in [-0.05, 0) is 23.8 Å². The maximum atomic E-state index is 10.7. The summed E-state index contributed by atoms with van der Waals surface area (Å²) in [7, 11) is 1.63. The number of benzene rings is 2. The first-order chi connectivity index (χ1) is 11.3. The van der Waals surface area contributed by atoms with E-state index in [0.717, 1.165) is 27.8 Å². The van der Waals surface area contributed by atoms with Crippen molar-refractivity contribution in [1.82, 2.24) is 10.4 Å². The van der Waals surface area contributed by atoms with Crippen molar-refractivity contribution in [3.63, 3.8) is 0 Å². The average molecular weight is 307 g/mol. The van der Waals surface area contributed by atoms with Crippen LogP contribution in [-0.2, 0) is 0 Å². The number of aliphatic hydroxyl groups is 1. The van der Waals surface area contributed by atoms with E-state index in [2.05, 4.69) is 15.5 Å². The number of hydrogen-bond acceptors (Lipinski definition) is 4. The standard InChI is InChI=1S/C18H17N3O2/c1-23-12-8-6-11(7-9-12)16-18(22)17(21-20-16)14-10-19-15-5-3-2-4-13(14)15/h2-10,16,18-20,22H,1H3/t16-,18-/m0/s1. The molecule has 3 aromatic rings. The minimum absolute atomic E-state index is 0.260. The highest BCUT2D eigenvalue weighted by Crippen LogP contribution is 2.29. The molecule has 2 heterocycles. The Labute approximate surface area is 133 Å². The van der Waals surface area contributed by atoms with Crippen molar-refractivity contribution in [1.29, 1.82) is 0 Å². The minimum atomic E-state index is -0.706. The van der Waals surface area contributed by atoms with Gasteiger partial charge in [0.2, 0.25) is 0 Å². The summed E-state index contributed by atoms with van der Waals surface area (Å²) in [6, 6.07) is 15.4. The number of fused-ring (bicyclic) bond motifs is 1. The molecule has 1 aliphatic rings. The molecule has 0 spiro atoms. The van der Waals surface area contributed by atoms with E-state index in [1.807, 2.05) is 54.7 Å².